The molecule has 0 saturated heterocycles. The molecular formula is C20H23N3O3. The van der Waals surface area contributed by atoms with Crippen molar-refractivity contribution in [2.24, 2.45) is 5.92 Å². The zero-order chi connectivity index (χ0) is 18.5. The van der Waals surface area contributed by atoms with Crippen molar-refractivity contribution in [1.82, 2.24) is 5.43 Å². The Morgan fingerprint density at radius 2 is 1.88 bits per heavy atom. The number of ether oxygens (including phenoxy) is 1. The van der Waals surface area contributed by atoms with Gasteiger partial charge in [-0.2, -0.15) is 0 Å². The molecule has 6 heteroatoms. The van der Waals surface area contributed by atoms with E-state index in [4.69, 9.17) is 4.74 Å². The summed E-state index contributed by atoms with van der Waals surface area (Å²) < 4.78 is 5.79. The van der Waals surface area contributed by atoms with E-state index >= 15 is 0 Å². The summed E-state index contributed by atoms with van der Waals surface area (Å²) in [7, 11) is 0. The topological polar surface area (TPSA) is 67.6 Å². The zero-order valence-electron chi connectivity index (χ0n) is 15.0. The van der Waals surface area contributed by atoms with E-state index in [-0.39, 0.29) is 5.69 Å². The molecule has 136 valence electrons. The van der Waals surface area contributed by atoms with Crippen LogP contribution in [0.2, 0.25) is 0 Å². The van der Waals surface area contributed by atoms with Crippen LogP contribution in [0.15, 0.2) is 54.6 Å². The zero-order valence-corrected chi connectivity index (χ0v) is 15.0. The Bertz CT molecular complexity index is 785. The van der Waals surface area contributed by atoms with Crippen molar-refractivity contribution >= 4 is 17.1 Å². The second-order valence-corrected chi connectivity index (χ2v) is 6.46. The van der Waals surface area contributed by atoms with E-state index in [0.29, 0.717) is 5.92 Å². The first-order valence-corrected chi connectivity index (χ1v) is 8.79. The molecule has 1 aliphatic heterocycles. The minimum Gasteiger partial charge on any atom is -0.493 e. The van der Waals surface area contributed by atoms with Gasteiger partial charge in [-0.1, -0.05) is 20.3 Å². The summed E-state index contributed by atoms with van der Waals surface area (Å²) in [6.07, 6.45) is 3.17. The van der Waals surface area contributed by atoms with Gasteiger partial charge in [0.25, 0.3) is 5.69 Å². The molecule has 0 bridgehead atoms. The van der Waals surface area contributed by atoms with Gasteiger partial charge in [-0.25, -0.2) is 0 Å². The van der Waals surface area contributed by atoms with Gasteiger partial charge in [-0.15, -0.1) is 0 Å². The average Bonchev–Trinajstić information content (AvgIpc) is 3.16. The van der Waals surface area contributed by atoms with E-state index in [2.05, 4.69) is 25.3 Å². The van der Waals surface area contributed by atoms with Gasteiger partial charge in [0.1, 0.15) is 5.75 Å². The normalized spacial score (nSPS) is 14.5. The number of hydrogen-bond acceptors (Lipinski definition) is 5. The number of rotatable bonds is 7. The molecule has 0 aliphatic carbocycles. The van der Waals surface area contributed by atoms with Crippen molar-refractivity contribution < 1.29 is 9.66 Å². The maximum atomic E-state index is 10.8. The van der Waals surface area contributed by atoms with Crippen LogP contribution in [0.3, 0.4) is 0 Å². The van der Waals surface area contributed by atoms with Crippen LogP contribution in [-0.2, 0) is 0 Å². The lowest BCUT2D eigenvalue weighted by molar-refractivity contribution is -0.384. The molecule has 0 saturated carbocycles. The van der Waals surface area contributed by atoms with Crippen LogP contribution in [0.1, 0.15) is 25.8 Å². The SMILES string of the molecule is CCC(C)COc1ccc(N2CC=C(c3ccc([N+](=O)[O-])cc3)N2)cc1. The third kappa shape index (κ3) is 4.14. The minimum atomic E-state index is -0.391. The number of nitrogens with zero attached hydrogens (tertiary/aromatic N) is 2. The lowest BCUT2D eigenvalue weighted by atomic mass is 10.1. The molecule has 3 rings (SSSR count). The van der Waals surface area contributed by atoms with Crippen LogP contribution in [0.5, 0.6) is 5.75 Å². The van der Waals surface area contributed by atoms with Crippen LogP contribution in [-0.4, -0.2) is 18.1 Å². The van der Waals surface area contributed by atoms with Gasteiger partial charge in [0, 0.05) is 12.1 Å². The highest BCUT2D eigenvalue weighted by atomic mass is 16.6. The van der Waals surface area contributed by atoms with Crippen molar-refractivity contribution in [2.75, 3.05) is 18.2 Å². The van der Waals surface area contributed by atoms with Crippen LogP contribution < -0.4 is 15.2 Å². The maximum Gasteiger partial charge on any atom is 0.269 e. The third-order valence-electron chi connectivity index (χ3n) is 4.50. The summed E-state index contributed by atoms with van der Waals surface area (Å²) in [4.78, 5) is 10.4. The van der Waals surface area contributed by atoms with Crippen molar-refractivity contribution in [3.63, 3.8) is 0 Å². The third-order valence-corrected chi connectivity index (χ3v) is 4.50. The average molecular weight is 353 g/mol. The predicted octanol–water partition coefficient (Wildman–Crippen LogP) is 4.39. The lowest BCUT2D eigenvalue weighted by Gasteiger charge is -2.21. The predicted molar refractivity (Wildman–Crippen MR) is 103 cm³/mol. The fourth-order valence-electron chi connectivity index (χ4n) is 2.61. The van der Waals surface area contributed by atoms with Gasteiger partial charge in [0.05, 0.1) is 29.5 Å². The van der Waals surface area contributed by atoms with Crippen molar-refractivity contribution in [3.05, 3.63) is 70.3 Å². The van der Waals surface area contributed by atoms with Crippen LogP contribution in [0, 0.1) is 16.0 Å². The standard InChI is InChI=1S/C20H23N3O3/c1-3-15(2)14-26-19-10-8-17(9-11-19)22-13-12-20(21-22)16-4-6-18(7-5-16)23(24)25/h4-12,15,21H,3,13-14H2,1-2H3. The van der Waals surface area contributed by atoms with E-state index < -0.39 is 4.92 Å². The molecule has 0 aromatic heterocycles. The number of benzene rings is 2. The highest BCUT2D eigenvalue weighted by molar-refractivity contribution is 5.70. The van der Waals surface area contributed by atoms with E-state index in [1.165, 1.54) is 12.1 Å². The van der Waals surface area contributed by atoms with Gasteiger partial charge in [-0.05, 0) is 54.0 Å². The number of anilines is 1. The Kier molecular flexibility index (Phi) is 5.41. The van der Waals surface area contributed by atoms with Crippen molar-refractivity contribution in [3.8, 4) is 5.75 Å². The van der Waals surface area contributed by atoms with E-state index in [9.17, 15) is 10.1 Å². The molecule has 26 heavy (non-hydrogen) atoms. The number of nitro benzene ring substituents is 1. The second-order valence-electron chi connectivity index (χ2n) is 6.46. The van der Waals surface area contributed by atoms with Crippen LogP contribution in [0.4, 0.5) is 11.4 Å². The number of nitro groups is 1. The molecule has 1 heterocycles. The summed E-state index contributed by atoms with van der Waals surface area (Å²) in [5.41, 5.74) is 6.33. The molecule has 2 aromatic carbocycles. The maximum absolute atomic E-state index is 10.8. The summed E-state index contributed by atoms with van der Waals surface area (Å²) in [5.74, 6) is 1.42. The van der Waals surface area contributed by atoms with Gasteiger partial charge in [0.15, 0.2) is 0 Å². The minimum absolute atomic E-state index is 0.0946. The molecule has 2 aromatic rings. The van der Waals surface area contributed by atoms with Gasteiger partial charge in [-0.3, -0.25) is 20.5 Å². The Labute approximate surface area is 153 Å². The lowest BCUT2D eigenvalue weighted by Crippen LogP contribution is -2.31. The van der Waals surface area contributed by atoms with Gasteiger partial charge in [0.2, 0.25) is 0 Å². The highest BCUT2D eigenvalue weighted by Crippen LogP contribution is 2.25. The Hall–Kier alpha value is -3.02. The van der Waals surface area contributed by atoms with E-state index in [1.54, 1.807) is 12.1 Å². The molecule has 0 amide bonds. The van der Waals surface area contributed by atoms with Crippen molar-refractivity contribution in [1.29, 1.82) is 0 Å². The molecule has 1 N–H and O–H groups in total. The first-order chi connectivity index (χ1) is 12.6. The second kappa shape index (κ2) is 7.91. The Morgan fingerprint density at radius 3 is 2.50 bits per heavy atom. The number of hydrogen-bond donors (Lipinski definition) is 1. The summed E-state index contributed by atoms with van der Waals surface area (Å²) in [6.45, 7) is 5.78. The molecule has 1 aliphatic rings. The van der Waals surface area contributed by atoms with Crippen molar-refractivity contribution in [2.45, 2.75) is 20.3 Å². The molecule has 1 unspecified atom stereocenters. The number of non-ortho nitro benzene ring substituents is 1. The van der Waals surface area contributed by atoms with E-state index in [1.807, 2.05) is 29.3 Å². The molecular weight excluding hydrogens is 330 g/mol. The molecule has 1 atom stereocenters. The summed E-state index contributed by atoms with van der Waals surface area (Å²) >= 11 is 0. The quantitative estimate of drug-likeness (QED) is 0.591. The smallest absolute Gasteiger partial charge is 0.269 e. The van der Waals surface area contributed by atoms with E-state index in [0.717, 1.165) is 42.3 Å². The largest absolute Gasteiger partial charge is 0.493 e. The van der Waals surface area contributed by atoms with Gasteiger partial charge < -0.3 is 4.74 Å². The van der Waals surface area contributed by atoms with Crippen LogP contribution >= 0.6 is 0 Å². The summed E-state index contributed by atoms with van der Waals surface area (Å²) in [5, 5.41) is 12.8. The first kappa shape index (κ1) is 17.8. The first-order valence-electron chi connectivity index (χ1n) is 8.79. The van der Waals surface area contributed by atoms with Crippen LogP contribution in [0.25, 0.3) is 5.70 Å². The summed E-state index contributed by atoms with van der Waals surface area (Å²) in [6, 6.07) is 14.5. The molecule has 6 nitrogen and oxygen atoms in total. The van der Waals surface area contributed by atoms with Gasteiger partial charge >= 0.3 is 0 Å². The Morgan fingerprint density at radius 1 is 1.19 bits per heavy atom. The monoisotopic (exact) mass is 353 g/mol. The number of nitrogens with one attached hydrogen (secondary N) is 1. The molecule has 0 fully saturated rings. The fraction of sp³-hybridized carbons (Fsp3) is 0.300. The molecule has 0 spiro atoms. The molecule has 0 radical (unpaired) electrons. The highest BCUT2D eigenvalue weighted by Gasteiger charge is 2.16. The Balaban J connectivity index is 1.60. The number of hydrazine groups is 1. The fourth-order valence-corrected chi connectivity index (χ4v) is 2.61.